The van der Waals surface area contributed by atoms with Crippen LogP contribution in [0.15, 0.2) is 262 Å². The molecule has 0 bridgehead atoms. The molecule has 0 radical (unpaired) electrons. The second-order valence-corrected chi connectivity index (χ2v) is 31.1. The summed E-state index contributed by atoms with van der Waals surface area (Å²) in [7, 11) is 12.7. The highest BCUT2D eigenvalue weighted by molar-refractivity contribution is 5.65. The molecule has 104 heavy (non-hydrogen) atoms. The Balaban J connectivity index is 0.000000175. The van der Waals surface area contributed by atoms with Gasteiger partial charge in [0.25, 0.3) is 0 Å². The Bertz CT molecular complexity index is 4700. The molecule has 0 fully saturated rings. The smallest absolute Gasteiger partial charge is 0.201 e. The predicted molar refractivity (Wildman–Crippen MR) is 440 cm³/mol. The van der Waals surface area contributed by atoms with Gasteiger partial charge in [-0.15, -0.1) is 0 Å². The van der Waals surface area contributed by atoms with Gasteiger partial charge in [-0.1, -0.05) is 192 Å². The lowest BCUT2D eigenvalue weighted by molar-refractivity contribution is -0.661. The third-order valence-electron chi connectivity index (χ3n) is 19.1. The van der Waals surface area contributed by atoms with E-state index in [4.69, 9.17) is 0 Å². The summed E-state index contributed by atoms with van der Waals surface area (Å²) in [5, 5.41) is 0. The maximum atomic E-state index is 2.32. The average molecular weight is 1390 g/mol. The fraction of sp³-hybridized carbons (Fsp3) is 0.327. The van der Waals surface area contributed by atoms with E-state index < -0.39 is 0 Å². The van der Waals surface area contributed by atoms with E-state index in [0.717, 1.165) is 25.7 Å². The van der Waals surface area contributed by atoms with Crippen LogP contribution in [0.1, 0.15) is 156 Å². The van der Waals surface area contributed by atoms with Crippen molar-refractivity contribution >= 4 is 0 Å². The number of benzene rings is 6. The van der Waals surface area contributed by atoms with Crippen molar-refractivity contribution in [3.63, 3.8) is 0 Å². The van der Waals surface area contributed by atoms with E-state index >= 15 is 0 Å². The van der Waals surface area contributed by atoms with Gasteiger partial charge in [-0.05, 0) is 195 Å². The first-order valence-electron chi connectivity index (χ1n) is 37.8. The lowest BCUT2D eigenvalue weighted by Crippen LogP contribution is -2.32. The molecule has 6 heterocycles. The lowest BCUT2D eigenvalue weighted by atomic mass is 9.88. The molecular weight excluding hydrogens is 1260 g/mol. The van der Waals surface area contributed by atoms with Crippen LogP contribution in [0.4, 0.5) is 0 Å². The number of nitrogens with zero attached hydrogens (tertiary/aromatic N) is 6. The zero-order valence-electron chi connectivity index (χ0n) is 67.6. The highest BCUT2D eigenvalue weighted by Crippen LogP contribution is 2.28. The minimum atomic E-state index is 0.331. The fourth-order valence-corrected chi connectivity index (χ4v) is 13.2. The first kappa shape index (κ1) is 81.5. The highest BCUT2D eigenvalue weighted by atomic mass is 14.9. The maximum Gasteiger partial charge on any atom is 0.212 e. The summed E-state index contributed by atoms with van der Waals surface area (Å²) in [4.78, 5) is 0. The molecule has 0 atom stereocenters. The van der Waals surface area contributed by atoms with Crippen LogP contribution in [-0.2, 0) is 68.0 Å². The van der Waals surface area contributed by atoms with Crippen molar-refractivity contribution in [3.8, 4) is 67.5 Å². The highest BCUT2D eigenvalue weighted by Gasteiger charge is 2.20. The predicted octanol–water partition coefficient (Wildman–Crippen LogP) is 21.4. The van der Waals surface area contributed by atoms with Crippen LogP contribution in [-0.4, -0.2) is 0 Å². The first-order chi connectivity index (χ1) is 49.5. The van der Waals surface area contributed by atoms with Crippen LogP contribution < -0.4 is 27.4 Å². The van der Waals surface area contributed by atoms with Crippen LogP contribution in [0, 0.1) is 51.9 Å². The summed E-state index contributed by atoms with van der Waals surface area (Å²) < 4.78 is 13.2. The van der Waals surface area contributed by atoms with Gasteiger partial charge in [-0.3, -0.25) is 0 Å². The van der Waals surface area contributed by atoms with Crippen molar-refractivity contribution in [2.24, 2.45) is 59.5 Å². The molecule has 0 aliphatic heterocycles. The van der Waals surface area contributed by atoms with Gasteiger partial charge in [0.15, 0.2) is 37.2 Å². The van der Waals surface area contributed by atoms with Crippen LogP contribution in [0.5, 0.6) is 0 Å². The minimum Gasteiger partial charge on any atom is -0.201 e. The second kappa shape index (κ2) is 39.2. The van der Waals surface area contributed by atoms with Crippen molar-refractivity contribution in [2.45, 2.75) is 155 Å². The van der Waals surface area contributed by atoms with Crippen molar-refractivity contribution in [1.29, 1.82) is 0 Å². The Morgan fingerprint density at radius 3 is 1.01 bits per heavy atom. The number of aryl methyl sites for hydroxylation is 12. The summed E-state index contributed by atoms with van der Waals surface area (Å²) in [6.45, 7) is 37.8. The summed E-state index contributed by atoms with van der Waals surface area (Å²) in [6, 6.07) is 80.1. The molecule has 0 N–H and O–H groups in total. The molecular formula is C98H124N6+6. The van der Waals surface area contributed by atoms with Crippen LogP contribution in [0.3, 0.4) is 0 Å². The zero-order valence-corrected chi connectivity index (χ0v) is 67.6. The zero-order chi connectivity index (χ0) is 75.8. The molecule has 0 amide bonds. The van der Waals surface area contributed by atoms with Crippen LogP contribution >= 0.6 is 0 Å². The van der Waals surface area contributed by atoms with Gasteiger partial charge in [-0.2, -0.15) is 0 Å². The molecule has 0 saturated heterocycles. The van der Waals surface area contributed by atoms with Gasteiger partial charge < -0.3 is 0 Å². The van der Waals surface area contributed by atoms with E-state index in [0.29, 0.717) is 29.1 Å². The van der Waals surface area contributed by atoms with Gasteiger partial charge in [-0.25, -0.2) is 27.4 Å². The molecule has 12 aromatic rings. The van der Waals surface area contributed by atoms with Crippen molar-refractivity contribution in [1.82, 2.24) is 0 Å². The molecule has 6 aromatic heterocycles. The van der Waals surface area contributed by atoms with E-state index in [1.54, 1.807) is 0 Å². The average Bonchev–Trinajstić information content (AvgIpc) is 0.876. The summed E-state index contributed by atoms with van der Waals surface area (Å²) in [5.74, 6) is 2.55. The number of rotatable bonds is 14. The lowest BCUT2D eigenvalue weighted by Gasteiger charge is -2.17. The van der Waals surface area contributed by atoms with Crippen molar-refractivity contribution < 1.29 is 27.4 Å². The number of pyridine rings is 6. The Kier molecular flexibility index (Phi) is 30.7. The third-order valence-corrected chi connectivity index (χ3v) is 19.1. The second-order valence-electron chi connectivity index (χ2n) is 31.1. The van der Waals surface area contributed by atoms with E-state index in [1.165, 1.54) is 129 Å². The van der Waals surface area contributed by atoms with Crippen LogP contribution in [0.25, 0.3) is 67.5 Å². The topological polar surface area (TPSA) is 23.3 Å². The molecule has 0 aliphatic carbocycles. The molecule has 0 spiro atoms. The number of aromatic nitrogens is 6. The Hall–Kier alpha value is -9.78. The maximum absolute atomic E-state index is 2.32. The van der Waals surface area contributed by atoms with Gasteiger partial charge in [0, 0.05) is 105 Å². The molecule has 12 rings (SSSR count). The number of hydrogen-bond acceptors (Lipinski definition) is 0. The molecule has 0 aliphatic rings. The van der Waals surface area contributed by atoms with Gasteiger partial charge in [0.2, 0.25) is 34.2 Å². The van der Waals surface area contributed by atoms with Gasteiger partial charge in [0.1, 0.15) is 42.3 Å². The normalized spacial score (nSPS) is 11.0. The molecule has 6 aromatic carbocycles. The quantitative estimate of drug-likeness (QED) is 0.0969. The third kappa shape index (κ3) is 24.2. The molecule has 6 heteroatoms. The van der Waals surface area contributed by atoms with E-state index in [2.05, 4.69) is 443 Å². The Morgan fingerprint density at radius 1 is 0.288 bits per heavy atom. The Morgan fingerprint density at radius 2 is 0.625 bits per heavy atom. The van der Waals surface area contributed by atoms with E-state index in [9.17, 15) is 0 Å². The molecule has 0 unspecified atom stereocenters. The molecule has 6 nitrogen and oxygen atoms in total. The van der Waals surface area contributed by atoms with E-state index in [1.807, 2.05) is 6.07 Å². The minimum absolute atomic E-state index is 0.331. The monoisotopic (exact) mass is 1380 g/mol. The number of hydrogen-bond donors (Lipinski definition) is 0. The Labute approximate surface area is 628 Å². The molecule has 540 valence electrons. The van der Waals surface area contributed by atoms with Gasteiger partial charge >= 0.3 is 0 Å². The van der Waals surface area contributed by atoms with Crippen molar-refractivity contribution in [2.75, 3.05) is 0 Å². The van der Waals surface area contributed by atoms with Crippen molar-refractivity contribution in [3.05, 3.63) is 323 Å². The summed E-state index contributed by atoms with van der Waals surface area (Å²) >= 11 is 0. The standard InChI is InChI=1S/C18H24N.2C17H22N.C16H20N.2C15H18N/c1-14-8-6-7-9-16(14)17-11-10-15(13-19(17)5)12-18(2,3)4;1-13(2)11-15-9-10-18(4)17(12-15)16-8-6-5-7-14(16)3;1-13(2)11-15-9-10-17(18(4)12-15)16-8-6-5-7-14(16)3;1-12(2)14-9-10-17(4)16(11-14)15-8-6-5-7-13(15)3;1-12(2)14-9-10-15(16(3)11-14)13-7-5-4-6-8-13;1-4-13-9-10-16(3)15(11-13)14-8-6-5-7-12(14)2/h6-11,13H,12H2,1-5H3;2*5-10,12-13H,11H2,1-4H3;5-12H,1-4H3;4-12H,1-3H3;5-11H,4H2,1-3H3/q6*+1. The van der Waals surface area contributed by atoms with E-state index in [-0.39, 0.29) is 0 Å². The molecule has 0 saturated carbocycles. The SMILES string of the molecule is CC(C)c1ccc(-c2ccccc2)[n+](C)c1.CCc1cc[n+](C)c(-c2ccccc2C)c1.Cc1ccccc1-c1cc(C(C)C)cc[n+]1C.Cc1ccccc1-c1cc(CC(C)C)cc[n+]1C.Cc1ccccc1-c1ccc(CC(C)(C)C)c[n+]1C.Cc1ccccc1-c1ccc(CC(C)C)c[n+]1C. The first-order valence-corrected chi connectivity index (χ1v) is 37.8. The summed E-state index contributed by atoms with van der Waals surface area (Å²) in [5.41, 5.74) is 30.9. The van der Waals surface area contributed by atoms with Gasteiger partial charge in [0.05, 0.1) is 0 Å². The fourth-order valence-electron chi connectivity index (χ4n) is 13.2. The summed E-state index contributed by atoms with van der Waals surface area (Å²) in [6.07, 6.45) is 17.6. The van der Waals surface area contributed by atoms with Crippen LogP contribution in [0.2, 0.25) is 0 Å². The largest absolute Gasteiger partial charge is 0.212 e.